The Labute approximate surface area is 155 Å². The lowest BCUT2D eigenvalue weighted by Crippen LogP contribution is -2.44. The zero-order valence-corrected chi connectivity index (χ0v) is 15.0. The maximum absolute atomic E-state index is 13.2. The Balaban J connectivity index is 1.85. The Bertz CT molecular complexity index is 1200. The van der Waals surface area contributed by atoms with Crippen LogP contribution in [0.25, 0.3) is 22.3 Å². The largest absolute Gasteiger partial charge is 0.458 e. The van der Waals surface area contributed by atoms with Crippen LogP contribution in [-0.2, 0) is 21.7 Å². The van der Waals surface area contributed by atoms with Gasteiger partial charge in [-0.1, -0.05) is 25.1 Å². The molecule has 0 bridgehead atoms. The predicted octanol–water partition coefficient (Wildman–Crippen LogP) is 2.64. The lowest BCUT2D eigenvalue weighted by molar-refractivity contribution is -0.172. The zero-order chi connectivity index (χ0) is 18.9. The van der Waals surface area contributed by atoms with Crippen molar-refractivity contribution in [1.82, 2.24) is 9.55 Å². The van der Waals surface area contributed by atoms with E-state index in [0.717, 1.165) is 22.2 Å². The van der Waals surface area contributed by atoms with Gasteiger partial charge in [0.15, 0.2) is 5.60 Å². The number of nitrogens with zero attached hydrogens (tertiary/aromatic N) is 2. The van der Waals surface area contributed by atoms with Crippen molar-refractivity contribution in [3.8, 4) is 11.4 Å². The highest BCUT2D eigenvalue weighted by Gasteiger charge is 2.45. The molecule has 136 valence electrons. The number of benzene rings is 1. The molecule has 0 saturated heterocycles. The molecule has 6 heteroatoms. The lowest BCUT2D eigenvalue weighted by Gasteiger charge is -2.32. The summed E-state index contributed by atoms with van der Waals surface area (Å²) in [6, 6.07) is 11.4. The van der Waals surface area contributed by atoms with E-state index in [2.05, 4.69) is 6.07 Å². The van der Waals surface area contributed by atoms with E-state index in [1.54, 1.807) is 17.6 Å². The van der Waals surface area contributed by atoms with Crippen molar-refractivity contribution < 1.29 is 14.6 Å². The number of ether oxygens (including phenoxy) is 1. The van der Waals surface area contributed by atoms with Crippen LogP contribution in [0.3, 0.4) is 0 Å². The molecule has 2 aromatic heterocycles. The van der Waals surface area contributed by atoms with Gasteiger partial charge >= 0.3 is 5.97 Å². The van der Waals surface area contributed by atoms with E-state index in [9.17, 15) is 14.7 Å². The molecule has 0 fully saturated rings. The van der Waals surface area contributed by atoms with E-state index in [-0.39, 0.29) is 24.6 Å². The predicted molar refractivity (Wildman–Crippen MR) is 99.2 cm³/mol. The third-order valence-corrected chi connectivity index (χ3v) is 5.82. The monoisotopic (exact) mass is 362 g/mol. The van der Waals surface area contributed by atoms with E-state index in [1.807, 2.05) is 31.2 Å². The van der Waals surface area contributed by atoms with Crippen LogP contribution in [-0.4, -0.2) is 20.6 Å². The summed E-state index contributed by atoms with van der Waals surface area (Å²) in [6.45, 7) is 3.54. The number of hydrogen-bond acceptors (Lipinski definition) is 5. The van der Waals surface area contributed by atoms with Crippen LogP contribution >= 0.6 is 0 Å². The molecule has 0 aliphatic carbocycles. The van der Waals surface area contributed by atoms with E-state index >= 15 is 0 Å². The van der Waals surface area contributed by atoms with Crippen LogP contribution in [0.5, 0.6) is 0 Å². The van der Waals surface area contributed by atoms with Crippen LogP contribution in [0.1, 0.15) is 43.0 Å². The molecule has 27 heavy (non-hydrogen) atoms. The van der Waals surface area contributed by atoms with Crippen molar-refractivity contribution in [1.29, 1.82) is 0 Å². The zero-order valence-electron chi connectivity index (χ0n) is 15.0. The maximum Gasteiger partial charge on any atom is 0.343 e. The SMILES string of the molecule is CC[C@@]1(O)C(=O)OCc2c1cc1n(c2=O)[C@H](C)c2cc3ccccc3nc2-1. The summed E-state index contributed by atoms with van der Waals surface area (Å²) < 4.78 is 6.79. The second-order valence-electron chi connectivity index (χ2n) is 7.18. The Morgan fingerprint density at radius 2 is 2.07 bits per heavy atom. The van der Waals surface area contributed by atoms with Crippen molar-refractivity contribution >= 4 is 16.9 Å². The van der Waals surface area contributed by atoms with Crippen LogP contribution in [0.15, 0.2) is 41.2 Å². The molecule has 3 aromatic rings. The Hall–Kier alpha value is -2.99. The average molecular weight is 362 g/mol. The minimum absolute atomic E-state index is 0.117. The molecule has 2 aliphatic heterocycles. The minimum atomic E-state index is -1.80. The minimum Gasteiger partial charge on any atom is -0.458 e. The number of esters is 1. The molecule has 0 spiro atoms. The summed E-state index contributed by atoms with van der Waals surface area (Å²) in [5.41, 5.74) is 1.79. The number of aromatic nitrogens is 2. The summed E-state index contributed by atoms with van der Waals surface area (Å²) in [4.78, 5) is 30.2. The lowest BCUT2D eigenvalue weighted by atomic mass is 9.86. The van der Waals surface area contributed by atoms with Gasteiger partial charge in [-0.25, -0.2) is 9.78 Å². The number of carbonyl (C=O) groups excluding carboxylic acids is 1. The van der Waals surface area contributed by atoms with Gasteiger partial charge in [-0.3, -0.25) is 9.36 Å². The van der Waals surface area contributed by atoms with Crippen molar-refractivity contribution in [3.05, 3.63) is 63.4 Å². The number of hydrogen-bond donors (Lipinski definition) is 1. The molecule has 0 unspecified atom stereocenters. The molecule has 0 radical (unpaired) electrons. The number of pyridine rings is 2. The first-order valence-corrected chi connectivity index (χ1v) is 9.04. The van der Waals surface area contributed by atoms with E-state index in [1.165, 1.54) is 0 Å². The number of carbonyl (C=O) groups is 1. The first-order chi connectivity index (χ1) is 13.0. The normalized spacial score (nSPS) is 22.9. The van der Waals surface area contributed by atoms with Gasteiger partial charge < -0.3 is 9.84 Å². The molecule has 2 atom stereocenters. The van der Waals surface area contributed by atoms with E-state index < -0.39 is 11.6 Å². The summed E-state index contributed by atoms with van der Waals surface area (Å²) in [7, 11) is 0. The standard InChI is InChI=1S/C21H18N2O4/c1-3-21(26)15-9-17-18-13(8-12-6-4-5-7-16(12)22-18)11(2)23(17)19(24)14(15)10-27-20(21)25/h4-9,11,26H,3,10H2,1-2H3/t11-,21+/m1/s1. The van der Waals surface area contributed by atoms with Gasteiger partial charge in [-0.2, -0.15) is 0 Å². The molecule has 0 amide bonds. The molecule has 1 aromatic carbocycles. The molecule has 6 nitrogen and oxygen atoms in total. The van der Waals surface area contributed by atoms with Gasteiger partial charge in [-0.05, 0) is 31.5 Å². The molecule has 0 saturated carbocycles. The topological polar surface area (TPSA) is 81.4 Å². The maximum atomic E-state index is 13.2. The summed E-state index contributed by atoms with van der Waals surface area (Å²) in [5, 5.41) is 11.9. The van der Waals surface area contributed by atoms with Gasteiger partial charge in [0.2, 0.25) is 0 Å². The Morgan fingerprint density at radius 3 is 2.85 bits per heavy atom. The third-order valence-electron chi connectivity index (χ3n) is 5.82. The van der Waals surface area contributed by atoms with Gasteiger partial charge in [0.25, 0.3) is 5.56 Å². The van der Waals surface area contributed by atoms with Crippen LogP contribution in [0.2, 0.25) is 0 Å². The Kier molecular flexibility index (Phi) is 3.16. The van der Waals surface area contributed by atoms with Gasteiger partial charge in [0.05, 0.1) is 28.5 Å². The fourth-order valence-corrected chi connectivity index (χ4v) is 4.24. The molecule has 1 N–H and O–H groups in total. The van der Waals surface area contributed by atoms with Gasteiger partial charge in [-0.15, -0.1) is 0 Å². The van der Waals surface area contributed by atoms with E-state index in [0.29, 0.717) is 16.8 Å². The third kappa shape index (κ3) is 1.96. The number of aliphatic hydroxyl groups is 1. The molecule has 4 heterocycles. The van der Waals surface area contributed by atoms with Crippen molar-refractivity contribution in [3.63, 3.8) is 0 Å². The number of rotatable bonds is 1. The number of fused-ring (bicyclic) bond motifs is 5. The first kappa shape index (κ1) is 16.2. The highest BCUT2D eigenvalue weighted by atomic mass is 16.6. The molecule has 2 aliphatic rings. The van der Waals surface area contributed by atoms with Gasteiger partial charge in [0.1, 0.15) is 6.61 Å². The highest BCUT2D eigenvalue weighted by molar-refractivity contribution is 5.86. The summed E-state index contributed by atoms with van der Waals surface area (Å²) >= 11 is 0. The fraction of sp³-hybridized carbons (Fsp3) is 0.286. The number of cyclic esters (lactones) is 1. The second kappa shape index (κ2) is 5.27. The van der Waals surface area contributed by atoms with Crippen LogP contribution in [0.4, 0.5) is 0 Å². The van der Waals surface area contributed by atoms with Crippen LogP contribution < -0.4 is 5.56 Å². The highest BCUT2D eigenvalue weighted by Crippen LogP contribution is 2.42. The number of para-hydroxylation sites is 1. The second-order valence-corrected chi connectivity index (χ2v) is 7.18. The molecular formula is C21H18N2O4. The quantitative estimate of drug-likeness (QED) is 0.673. The summed E-state index contributed by atoms with van der Waals surface area (Å²) in [6.07, 6.45) is 0.134. The van der Waals surface area contributed by atoms with Crippen molar-refractivity contribution in [2.24, 2.45) is 0 Å². The van der Waals surface area contributed by atoms with Gasteiger partial charge in [0, 0.05) is 16.5 Å². The molecular weight excluding hydrogens is 344 g/mol. The molecule has 5 rings (SSSR count). The van der Waals surface area contributed by atoms with Crippen molar-refractivity contribution in [2.75, 3.05) is 0 Å². The average Bonchev–Trinajstić information content (AvgIpc) is 2.95. The Morgan fingerprint density at radius 1 is 1.30 bits per heavy atom. The van der Waals surface area contributed by atoms with Crippen molar-refractivity contribution in [2.45, 2.75) is 38.5 Å². The fourth-order valence-electron chi connectivity index (χ4n) is 4.24. The van der Waals surface area contributed by atoms with E-state index in [4.69, 9.17) is 9.72 Å². The summed E-state index contributed by atoms with van der Waals surface area (Å²) in [5.74, 6) is -0.709. The van der Waals surface area contributed by atoms with Crippen LogP contribution in [0, 0.1) is 0 Å². The smallest absolute Gasteiger partial charge is 0.343 e. The first-order valence-electron chi connectivity index (χ1n) is 9.04.